The fraction of sp³-hybridized carbons (Fsp3) is 0.759. The molecule has 1 saturated carbocycles. The van der Waals surface area contributed by atoms with Crippen LogP contribution >= 0.6 is 0 Å². The Kier molecular flexibility index (Phi) is 12.2. The maximum absolute atomic E-state index is 15.0. The van der Waals surface area contributed by atoms with Crippen LogP contribution in [0, 0.1) is 29.3 Å². The number of rotatable bonds is 13. The molecule has 2 amide bonds. The second-order valence-corrected chi connectivity index (χ2v) is 11.1. The predicted molar refractivity (Wildman–Crippen MR) is 142 cm³/mol. The SMILES string of the molecule is CCOCCCC[C@@](O)(c1cc(F)cc(F)c1F)[C@@H]1CCCN(C(=O)NC(CNC)CC2CCCCC2)C1. The van der Waals surface area contributed by atoms with Gasteiger partial charge in [-0.3, -0.25) is 0 Å². The molecular formula is C29H46F3N3O3. The number of nitrogens with one attached hydrogen (secondary N) is 2. The summed E-state index contributed by atoms with van der Waals surface area (Å²) in [6.45, 7) is 4.30. The van der Waals surface area contributed by atoms with Gasteiger partial charge in [-0.15, -0.1) is 0 Å². The van der Waals surface area contributed by atoms with Gasteiger partial charge in [-0.25, -0.2) is 18.0 Å². The van der Waals surface area contributed by atoms with E-state index in [0.29, 0.717) is 64.0 Å². The number of benzene rings is 1. The van der Waals surface area contributed by atoms with Crippen molar-refractivity contribution in [3.8, 4) is 0 Å². The van der Waals surface area contributed by atoms with Crippen LogP contribution in [0.1, 0.15) is 83.1 Å². The molecule has 3 rings (SSSR count). The van der Waals surface area contributed by atoms with Gasteiger partial charge in [-0.2, -0.15) is 0 Å². The summed E-state index contributed by atoms with van der Waals surface area (Å²) in [4.78, 5) is 15.0. The van der Waals surface area contributed by atoms with Crippen molar-refractivity contribution in [3.63, 3.8) is 0 Å². The minimum absolute atomic E-state index is 0.0109. The number of carbonyl (C=O) groups excluding carboxylic acids is 1. The van der Waals surface area contributed by atoms with Crippen molar-refractivity contribution in [1.82, 2.24) is 15.5 Å². The molecule has 0 radical (unpaired) electrons. The summed E-state index contributed by atoms with van der Waals surface area (Å²) in [5.41, 5.74) is -2.19. The Morgan fingerprint density at radius 1 is 1.16 bits per heavy atom. The lowest BCUT2D eigenvalue weighted by Crippen LogP contribution is -2.54. The molecule has 3 N–H and O–H groups in total. The number of piperidine rings is 1. The molecule has 1 unspecified atom stereocenters. The van der Waals surface area contributed by atoms with Crippen LogP contribution in [0.4, 0.5) is 18.0 Å². The van der Waals surface area contributed by atoms with Gasteiger partial charge in [0, 0.05) is 56.4 Å². The average molecular weight is 542 g/mol. The molecule has 0 spiro atoms. The molecule has 1 saturated heterocycles. The second kappa shape index (κ2) is 15.1. The fourth-order valence-electron chi connectivity index (χ4n) is 6.25. The zero-order valence-corrected chi connectivity index (χ0v) is 23.0. The largest absolute Gasteiger partial charge is 0.385 e. The lowest BCUT2D eigenvalue weighted by Gasteiger charge is -2.43. The molecule has 1 aliphatic heterocycles. The molecule has 1 heterocycles. The van der Waals surface area contributed by atoms with E-state index in [1.54, 1.807) is 4.90 Å². The molecule has 38 heavy (non-hydrogen) atoms. The van der Waals surface area contributed by atoms with Crippen molar-refractivity contribution in [3.05, 3.63) is 35.1 Å². The Morgan fingerprint density at radius 2 is 1.92 bits per heavy atom. The summed E-state index contributed by atoms with van der Waals surface area (Å²) in [5.74, 6) is -3.46. The Hall–Kier alpha value is -1.84. The highest BCUT2D eigenvalue weighted by molar-refractivity contribution is 5.74. The van der Waals surface area contributed by atoms with Crippen molar-refractivity contribution in [2.75, 3.05) is 39.9 Å². The molecule has 1 aliphatic carbocycles. The monoisotopic (exact) mass is 541 g/mol. The molecule has 216 valence electrons. The molecule has 9 heteroatoms. The molecule has 6 nitrogen and oxygen atoms in total. The molecule has 0 aromatic heterocycles. The molecule has 2 aliphatic rings. The van der Waals surface area contributed by atoms with E-state index < -0.39 is 29.0 Å². The maximum atomic E-state index is 15.0. The van der Waals surface area contributed by atoms with E-state index >= 15 is 0 Å². The Balaban J connectivity index is 1.74. The third-order valence-corrected chi connectivity index (χ3v) is 8.26. The fourth-order valence-corrected chi connectivity index (χ4v) is 6.25. The minimum Gasteiger partial charge on any atom is -0.385 e. The number of urea groups is 1. The summed E-state index contributed by atoms with van der Waals surface area (Å²) < 4.78 is 48.8. The second-order valence-electron chi connectivity index (χ2n) is 11.1. The van der Waals surface area contributed by atoms with E-state index in [2.05, 4.69) is 10.6 Å². The van der Waals surface area contributed by atoms with Gasteiger partial charge in [-0.05, 0) is 64.5 Å². The molecule has 3 atom stereocenters. The van der Waals surface area contributed by atoms with Crippen molar-refractivity contribution in [2.24, 2.45) is 11.8 Å². The van der Waals surface area contributed by atoms with Crippen LogP contribution < -0.4 is 10.6 Å². The highest BCUT2D eigenvalue weighted by Crippen LogP contribution is 2.41. The first-order valence-corrected chi connectivity index (χ1v) is 14.4. The molecule has 0 bridgehead atoms. The van der Waals surface area contributed by atoms with Crippen LogP contribution in [0.15, 0.2) is 12.1 Å². The Labute approximate surface area is 225 Å². The van der Waals surface area contributed by atoms with E-state index in [1.807, 2.05) is 14.0 Å². The lowest BCUT2D eigenvalue weighted by molar-refractivity contribution is -0.0595. The summed E-state index contributed by atoms with van der Waals surface area (Å²) in [6, 6.07) is 1.16. The summed E-state index contributed by atoms with van der Waals surface area (Å²) >= 11 is 0. The van der Waals surface area contributed by atoms with Gasteiger partial charge < -0.3 is 25.4 Å². The topological polar surface area (TPSA) is 73.8 Å². The van der Waals surface area contributed by atoms with Gasteiger partial charge in [-0.1, -0.05) is 32.1 Å². The number of likely N-dealkylation sites (N-methyl/N-ethyl adjacent to an activating group) is 1. The Bertz CT molecular complexity index is 884. The van der Waals surface area contributed by atoms with Crippen molar-refractivity contribution in [1.29, 1.82) is 0 Å². The first kappa shape index (κ1) is 30.7. The minimum atomic E-state index is -1.81. The molecule has 2 fully saturated rings. The number of unbranched alkanes of at least 4 members (excludes halogenated alkanes) is 1. The van der Waals surface area contributed by atoms with Gasteiger partial charge in [0.1, 0.15) is 5.82 Å². The van der Waals surface area contributed by atoms with Gasteiger partial charge in [0.05, 0.1) is 5.60 Å². The van der Waals surface area contributed by atoms with Crippen LogP contribution in [-0.4, -0.2) is 62.0 Å². The highest BCUT2D eigenvalue weighted by atomic mass is 19.2. The van der Waals surface area contributed by atoms with E-state index in [-0.39, 0.29) is 30.6 Å². The number of hydrogen-bond donors (Lipinski definition) is 3. The Morgan fingerprint density at radius 3 is 2.63 bits per heavy atom. The summed E-state index contributed by atoms with van der Waals surface area (Å²) in [5, 5.41) is 18.2. The van der Waals surface area contributed by atoms with E-state index in [4.69, 9.17) is 4.74 Å². The number of amides is 2. The third-order valence-electron chi connectivity index (χ3n) is 8.26. The van der Waals surface area contributed by atoms with Gasteiger partial charge in [0.15, 0.2) is 11.6 Å². The quantitative estimate of drug-likeness (QED) is 0.229. The third kappa shape index (κ3) is 8.33. The number of likely N-dealkylation sites (tertiary alicyclic amines) is 1. The van der Waals surface area contributed by atoms with Crippen LogP contribution in [0.25, 0.3) is 0 Å². The van der Waals surface area contributed by atoms with E-state index in [1.165, 1.54) is 32.1 Å². The standard InChI is InChI=1S/C29H46F3N3O3/c1-3-38-15-8-7-13-29(37,25-17-23(30)18-26(31)27(25)32)22-12-9-14-35(20-22)28(36)34-24(19-33-2)16-21-10-5-4-6-11-21/h17-18,21-22,24,33,37H,3-16,19-20H2,1-2H3,(H,34,36)/t22-,24?,29+/m1/s1. The molecular weight excluding hydrogens is 495 g/mol. The number of aliphatic hydroxyl groups is 1. The smallest absolute Gasteiger partial charge is 0.317 e. The van der Waals surface area contributed by atoms with E-state index in [0.717, 1.165) is 12.5 Å². The van der Waals surface area contributed by atoms with Crippen molar-refractivity contribution >= 4 is 6.03 Å². The highest BCUT2D eigenvalue weighted by Gasteiger charge is 2.43. The van der Waals surface area contributed by atoms with Gasteiger partial charge >= 0.3 is 6.03 Å². The number of carbonyl (C=O) groups is 1. The van der Waals surface area contributed by atoms with Crippen LogP contribution in [0.3, 0.4) is 0 Å². The lowest BCUT2D eigenvalue weighted by atomic mass is 9.74. The normalized spacial score (nSPS) is 21.2. The first-order chi connectivity index (χ1) is 18.3. The summed E-state index contributed by atoms with van der Waals surface area (Å²) in [6.07, 6.45) is 9.40. The van der Waals surface area contributed by atoms with Crippen LogP contribution in [0.2, 0.25) is 0 Å². The molecule has 1 aromatic carbocycles. The van der Waals surface area contributed by atoms with Crippen molar-refractivity contribution < 1.29 is 27.8 Å². The number of halogens is 3. The van der Waals surface area contributed by atoms with E-state index in [9.17, 15) is 23.1 Å². The van der Waals surface area contributed by atoms with Crippen LogP contribution in [-0.2, 0) is 10.3 Å². The maximum Gasteiger partial charge on any atom is 0.317 e. The first-order valence-electron chi connectivity index (χ1n) is 14.4. The van der Waals surface area contributed by atoms with Crippen LogP contribution in [0.5, 0.6) is 0 Å². The number of nitrogens with zero attached hydrogens (tertiary/aromatic N) is 1. The number of hydrogen-bond acceptors (Lipinski definition) is 4. The number of ether oxygens (including phenoxy) is 1. The zero-order valence-electron chi connectivity index (χ0n) is 23.0. The molecule has 1 aromatic rings. The average Bonchev–Trinajstić information content (AvgIpc) is 2.91. The zero-order chi connectivity index (χ0) is 27.5. The predicted octanol–water partition coefficient (Wildman–Crippen LogP) is 5.48. The summed E-state index contributed by atoms with van der Waals surface area (Å²) in [7, 11) is 1.87. The van der Waals surface area contributed by atoms with Gasteiger partial charge in [0.25, 0.3) is 0 Å². The van der Waals surface area contributed by atoms with Crippen molar-refractivity contribution in [2.45, 2.75) is 89.2 Å². The van der Waals surface area contributed by atoms with Gasteiger partial charge in [0.2, 0.25) is 0 Å².